The minimum absolute atomic E-state index is 0.121. The fraction of sp³-hybridized carbons (Fsp3) is 0.300. The van der Waals surface area contributed by atoms with Crippen LogP contribution in [0.2, 0.25) is 0 Å². The zero-order chi connectivity index (χ0) is 14.3. The standard InChI is InChI=1S/C10H12N4O4S/c1-19-6-2-5-11-12-9-4-3-8(13(15)16)7-10(9)14(17)18/h3-5,7,12H,2,6H2,1H3/b11-5-. The predicted molar refractivity (Wildman–Crippen MR) is 74.9 cm³/mol. The number of benzene rings is 1. The maximum atomic E-state index is 10.8. The van der Waals surface area contributed by atoms with Gasteiger partial charge in [0, 0.05) is 12.3 Å². The van der Waals surface area contributed by atoms with Crippen molar-refractivity contribution < 1.29 is 9.85 Å². The van der Waals surface area contributed by atoms with Gasteiger partial charge in [-0.3, -0.25) is 25.7 Å². The van der Waals surface area contributed by atoms with Gasteiger partial charge in [0.25, 0.3) is 5.69 Å². The fourth-order valence-corrected chi connectivity index (χ4v) is 1.57. The van der Waals surface area contributed by atoms with E-state index in [9.17, 15) is 20.2 Å². The summed E-state index contributed by atoms with van der Waals surface area (Å²) in [6.07, 6.45) is 4.29. The summed E-state index contributed by atoms with van der Waals surface area (Å²) in [6.45, 7) is 0. The number of non-ortho nitro benzene ring substituents is 1. The first-order chi connectivity index (χ1) is 9.06. The van der Waals surface area contributed by atoms with E-state index in [4.69, 9.17) is 0 Å². The minimum Gasteiger partial charge on any atom is -0.272 e. The second-order valence-electron chi connectivity index (χ2n) is 3.42. The minimum atomic E-state index is -0.688. The highest BCUT2D eigenvalue weighted by molar-refractivity contribution is 7.98. The van der Waals surface area contributed by atoms with Crippen LogP contribution in [0, 0.1) is 20.2 Å². The molecule has 0 aliphatic heterocycles. The highest BCUT2D eigenvalue weighted by Crippen LogP contribution is 2.28. The number of anilines is 1. The summed E-state index contributed by atoms with van der Waals surface area (Å²) >= 11 is 1.66. The molecule has 19 heavy (non-hydrogen) atoms. The van der Waals surface area contributed by atoms with Crippen molar-refractivity contribution in [3.8, 4) is 0 Å². The summed E-state index contributed by atoms with van der Waals surface area (Å²) in [6, 6.07) is 3.36. The molecule has 8 nitrogen and oxygen atoms in total. The van der Waals surface area contributed by atoms with Gasteiger partial charge >= 0.3 is 5.69 Å². The Morgan fingerprint density at radius 3 is 2.68 bits per heavy atom. The van der Waals surface area contributed by atoms with Gasteiger partial charge in [-0.2, -0.15) is 16.9 Å². The number of nitro groups is 2. The van der Waals surface area contributed by atoms with E-state index in [2.05, 4.69) is 10.5 Å². The monoisotopic (exact) mass is 284 g/mol. The Morgan fingerprint density at radius 2 is 2.11 bits per heavy atom. The van der Waals surface area contributed by atoms with Crippen molar-refractivity contribution in [3.05, 3.63) is 38.4 Å². The average molecular weight is 284 g/mol. The SMILES string of the molecule is CSCC/C=N\Nc1ccc([N+](=O)[O-])cc1[N+](=O)[O-]. The van der Waals surface area contributed by atoms with Crippen LogP contribution in [0.4, 0.5) is 17.1 Å². The number of nitrogens with one attached hydrogen (secondary N) is 1. The molecular weight excluding hydrogens is 272 g/mol. The molecule has 1 aromatic carbocycles. The Balaban J connectivity index is 2.85. The molecule has 0 radical (unpaired) electrons. The third-order valence-corrected chi connectivity index (χ3v) is 2.76. The van der Waals surface area contributed by atoms with E-state index >= 15 is 0 Å². The smallest absolute Gasteiger partial charge is 0.272 e. The van der Waals surface area contributed by atoms with Gasteiger partial charge in [0.2, 0.25) is 0 Å². The molecule has 0 spiro atoms. The number of rotatable bonds is 7. The largest absolute Gasteiger partial charge is 0.301 e. The van der Waals surface area contributed by atoms with Crippen LogP contribution in [0.1, 0.15) is 6.42 Å². The molecule has 1 rings (SSSR count). The van der Waals surface area contributed by atoms with Crippen molar-refractivity contribution in [2.24, 2.45) is 5.10 Å². The second-order valence-corrected chi connectivity index (χ2v) is 4.41. The molecule has 0 saturated carbocycles. The normalized spacial score (nSPS) is 10.6. The molecular formula is C10H12N4O4S. The Bertz CT molecular complexity index is 506. The van der Waals surface area contributed by atoms with Crippen molar-refractivity contribution in [1.29, 1.82) is 0 Å². The molecule has 9 heteroatoms. The lowest BCUT2D eigenvalue weighted by Gasteiger charge is -2.01. The molecule has 0 aromatic heterocycles. The molecule has 0 unspecified atom stereocenters. The van der Waals surface area contributed by atoms with Crippen molar-refractivity contribution >= 4 is 35.0 Å². The van der Waals surface area contributed by atoms with E-state index in [0.29, 0.717) is 0 Å². The molecule has 0 fully saturated rings. The lowest BCUT2D eigenvalue weighted by atomic mass is 10.2. The van der Waals surface area contributed by atoms with Crippen LogP contribution < -0.4 is 5.43 Å². The number of hydrazone groups is 1. The fourth-order valence-electron chi connectivity index (χ4n) is 1.23. The molecule has 0 saturated heterocycles. The molecule has 0 aliphatic carbocycles. The Kier molecular flexibility index (Phi) is 5.73. The molecule has 0 bridgehead atoms. The number of hydrogen-bond donors (Lipinski definition) is 1. The van der Waals surface area contributed by atoms with E-state index in [1.54, 1.807) is 18.0 Å². The van der Waals surface area contributed by atoms with E-state index < -0.39 is 9.85 Å². The molecule has 0 heterocycles. The number of thioether (sulfide) groups is 1. The maximum Gasteiger partial charge on any atom is 0.301 e. The quantitative estimate of drug-likeness (QED) is 0.356. The van der Waals surface area contributed by atoms with E-state index in [1.165, 1.54) is 12.1 Å². The average Bonchev–Trinajstić information content (AvgIpc) is 2.38. The van der Waals surface area contributed by atoms with E-state index in [1.807, 2.05) is 6.26 Å². The number of hydrogen-bond acceptors (Lipinski definition) is 7. The summed E-state index contributed by atoms with van der Waals surface area (Å²) in [4.78, 5) is 20.0. The Morgan fingerprint density at radius 1 is 1.37 bits per heavy atom. The van der Waals surface area contributed by atoms with E-state index in [-0.39, 0.29) is 17.1 Å². The van der Waals surface area contributed by atoms with E-state index in [0.717, 1.165) is 18.2 Å². The van der Waals surface area contributed by atoms with Gasteiger partial charge in [0.15, 0.2) is 0 Å². The molecule has 1 N–H and O–H groups in total. The lowest BCUT2D eigenvalue weighted by molar-refractivity contribution is -0.393. The van der Waals surface area contributed by atoms with Gasteiger partial charge in [0.05, 0.1) is 15.9 Å². The van der Waals surface area contributed by atoms with Crippen LogP contribution in [-0.4, -0.2) is 28.1 Å². The zero-order valence-corrected chi connectivity index (χ0v) is 10.9. The van der Waals surface area contributed by atoms with Crippen LogP contribution in [-0.2, 0) is 0 Å². The van der Waals surface area contributed by atoms with Crippen molar-refractivity contribution in [1.82, 2.24) is 0 Å². The summed E-state index contributed by atoms with van der Waals surface area (Å²) in [5.74, 6) is 0.896. The third kappa shape index (κ3) is 4.54. The Labute approximate surface area is 113 Å². The summed E-state index contributed by atoms with van der Waals surface area (Å²) < 4.78 is 0. The van der Waals surface area contributed by atoms with Crippen LogP contribution in [0.5, 0.6) is 0 Å². The first-order valence-electron chi connectivity index (χ1n) is 5.25. The van der Waals surface area contributed by atoms with Gasteiger partial charge in [-0.05, 0) is 24.5 Å². The van der Waals surface area contributed by atoms with Crippen LogP contribution in [0.3, 0.4) is 0 Å². The Hall–Kier alpha value is -2.16. The highest BCUT2D eigenvalue weighted by Gasteiger charge is 2.18. The van der Waals surface area contributed by atoms with Crippen LogP contribution in [0.25, 0.3) is 0 Å². The maximum absolute atomic E-state index is 10.8. The second kappa shape index (κ2) is 7.31. The van der Waals surface area contributed by atoms with Crippen LogP contribution >= 0.6 is 11.8 Å². The summed E-state index contributed by atoms with van der Waals surface area (Å²) in [5, 5.41) is 25.2. The first-order valence-corrected chi connectivity index (χ1v) is 6.65. The lowest BCUT2D eigenvalue weighted by Crippen LogP contribution is -1.98. The van der Waals surface area contributed by atoms with Gasteiger partial charge in [-0.25, -0.2) is 0 Å². The van der Waals surface area contributed by atoms with Crippen LogP contribution in [0.15, 0.2) is 23.3 Å². The third-order valence-electron chi connectivity index (χ3n) is 2.12. The highest BCUT2D eigenvalue weighted by atomic mass is 32.2. The molecule has 1 aromatic rings. The first kappa shape index (κ1) is 14.9. The van der Waals surface area contributed by atoms with Crippen molar-refractivity contribution in [3.63, 3.8) is 0 Å². The molecule has 0 atom stereocenters. The summed E-state index contributed by atoms with van der Waals surface area (Å²) in [5.41, 5.74) is 1.93. The van der Waals surface area contributed by atoms with Gasteiger partial charge in [0.1, 0.15) is 5.69 Å². The number of nitrogens with zero attached hydrogens (tertiary/aromatic N) is 3. The summed E-state index contributed by atoms with van der Waals surface area (Å²) in [7, 11) is 0. The molecule has 102 valence electrons. The topological polar surface area (TPSA) is 111 Å². The number of nitro benzene ring substituents is 2. The van der Waals surface area contributed by atoms with Crippen molar-refractivity contribution in [2.75, 3.05) is 17.4 Å². The molecule has 0 aliphatic rings. The van der Waals surface area contributed by atoms with Gasteiger partial charge in [-0.1, -0.05) is 0 Å². The molecule has 0 amide bonds. The predicted octanol–water partition coefficient (Wildman–Crippen LogP) is 2.65. The van der Waals surface area contributed by atoms with Crippen molar-refractivity contribution in [2.45, 2.75) is 6.42 Å². The van der Waals surface area contributed by atoms with Gasteiger partial charge in [-0.15, -0.1) is 0 Å². The van der Waals surface area contributed by atoms with Gasteiger partial charge < -0.3 is 0 Å². The zero-order valence-electron chi connectivity index (χ0n) is 10.1.